The van der Waals surface area contributed by atoms with Crippen molar-refractivity contribution in [2.75, 3.05) is 0 Å². The van der Waals surface area contributed by atoms with Crippen molar-refractivity contribution in [1.82, 2.24) is 0 Å². The maximum atomic E-state index is 10.9. The molecule has 0 bridgehead atoms. The minimum atomic E-state index is -0.366. The van der Waals surface area contributed by atoms with Crippen LogP contribution in [0, 0.1) is 11.3 Å². The highest BCUT2D eigenvalue weighted by Crippen LogP contribution is 2.30. The molecule has 0 saturated heterocycles. The maximum absolute atomic E-state index is 10.9. The van der Waals surface area contributed by atoms with E-state index in [0.717, 1.165) is 6.42 Å². The van der Waals surface area contributed by atoms with Gasteiger partial charge in [-0.05, 0) is 35.4 Å². The lowest BCUT2D eigenvalue weighted by Crippen LogP contribution is -2.22. The van der Waals surface area contributed by atoms with Crippen LogP contribution in [-0.2, 0) is 6.42 Å². The van der Waals surface area contributed by atoms with E-state index in [1.54, 1.807) is 12.1 Å². The van der Waals surface area contributed by atoms with Gasteiger partial charge in [0.15, 0.2) is 0 Å². The van der Waals surface area contributed by atoms with Crippen molar-refractivity contribution in [2.24, 2.45) is 17.1 Å². The van der Waals surface area contributed by atoms with Crippen LogP contribution < -0.4 is 5.73 Å². The van der Waals surface area contributed by atoms with Crippen LogP contribution in [0.5, 0.6) is 0 Å². The van der Waals surface area contributed by atoms with Crippen LogP contribution in [0.4, 0.5) is 0 Å². The van der Waals surface area contributed by atoms with E-state index in [-0.39, 0.29) is 11.3 Å². The third kappa shape index (κ3) is 3.09. The molecule has 0 radical (unpaired) electrons. The number of nitrogens with two attached hydrogens (primary N) is 1. The summed E-state index contributed by atoms with van der Waals surface area (Å²) >= 11 is 0. The molecule has 0 fully saturated rings. The van der Waals surface area contributed by atoms with Gasteiger partial charge >= 0.3 is 0 Å². The number of hydrogen-bond donors (Lipinski definition) is 1. The van der Waals surface area contributed by atoms with E-state index < -0.39 is 0 Å². The lowest BCUT2D eigenvalue weighted by Gasteiger charge is -2.29. The summed E-state index contributed by atoms with van der Waals surface area (Å²) in [5.74, 6) is 0.262. The highest BCUT2D eigenvalue weighted by molar-refractivity contribution is 5.92. The molecule has 1 aromatic rings. The third-order valence-electron chi connectivity index (χ3n) is 3.46. The van der Waals surface area contributed by atoms with Gasteiger partial charge in [0.1, 0.15) is 0 Å². The van der Waals surface area contributed by atoms with Gasteiger partial charge in [0.25, 0.3) is 0 Å². The van der Waals surface area contributed by atoms with Gasteiger partial charge in [-0.2, -0.15) is 0 Å². The van der Waals surface area contributed by atoms with Gasteiger partial charge in [-0.1, -0.05) is 39.8 Å². The Hall–Kier alpha value is -1.31. The zero-order valence-electron chi connectivity index (χ0n) is 10.6. The maximum Gasteiger partial charge on any atom is 0.248 e. The summed E-state index contributed by atoms with van der Waals surface area (Å²) < 4.78 is 0. The molecule has 0 unspecified atom stereocenters. The van der Waals surface area contributed by atoms with Crippen molar-refractivity contribution in [1.29, 1.82) is 0 Å². The van der Waals surface area contributed by atoms with E-state index in [1.165, 1.54) is 5.56 Å². The largest absolute Gasteiger partial charge is 0.366 e. The predicted octanol–water partition coefficient (Wildman–Crippen LogP) is 3.01. The Kier molecular flexibility index (Phi) is 3.74. The minimum absolute atomic E-state index is 0.272. The lowest BCUT2D eigenvalue weighted by molar-refractivity contribution is 0.100. The molecule has 1 aromatic carbocycles. The number of amides is 1. The second kappa shape index (κ2) is 4.69. The molecule has 0 spiro atoms. The fourth-order valence-electron chi connectivity index (χ4n) is 1.52. The monoisotopic (exact) mass is 219 g/mol. The molecule has 0 atom stereocenters. The van der Waals surface area contributed by atoms with E-state index in [0.29, 0.717) is 11.5 Å². The van der Waals surface area contributed by atoms with Crippen LogP contribution in [0.25, 0.3) is 0 Å². The van der Waals surface area contributed by atoms with Crippen molar-refractivity contribution in [3.8, 4) is 0 Å². The van der Waals surface area contributed by atoms with E-state index in [2.05, 4.69) is 27.7 Å². The summed E-state index contributed by atoms with van der Waals surface area (Å²) in [7, 11) is 0. The fraction of sp³-hybridized carbons (Fsp3) is 0.500. The summed E-state index contributed by atoms with van der Waals surface area (Å²) in [4.78, 5) is 10.9. The Balaban J connectivity index is 2.80. The van der Waals surface area contributed by atoms with Gasteiger partial charge in [-0.15, -0.1) is 0 Å². The highest BCUT2D eigenvalue weighted by atomic mass is 16.1. The summed E-state index contributed by atoms with van der Waals surface area (Å²) in [5, 5.41) is 0. The fourth-order valence-corrected chi connectivity index (χ4v) is 1.52. The minimum Gasteiger partial charge on any atom is -0.366 e. The third-order valence-corrected chi connectivity index (χ3v) is 3.46. The molecule has 0 aliphatic rings. The van der Waals surface area contributed by atoms with Gasteiger partial charge in [0.05, 0.1) is 0 Å². The molecule has 0 saturated carbocycles. The Bertz CT molecular complexity index is 363. The number of carbonyl (C=O) groups is 1. The first-order valence-corrected chi connectivity index (χ1v) is 5.71. The molecule has 16 heavy (non-hydrogen) atoms. The lowest BCUT2D eigenvalue weighted by atomic mass is 9.76. The second-order valence-electron chi connectivity index (χ2n) is 5.38. The first-order chi connectivity index (χ1) is 7.33. The average molecular weight is 219 g/mol. The first kappa shape index (κ1) is 12.8. The Morgan fingerprint density at radius 3 is 2.12 bits per heavy atom. The summed E-state index contributed by atoms with van der Waals surface area (Å²) in [5.41, 5.74) is 7.30. The van der Waals surface area contributed by atoms with Crippen LogP contribution in [0.15, 0.2) is 24.3 Å². The summed E-state index contributed by atoms with van der Waals surface area (Å²) in [6.45, 7) is 8.99. The molecule has 2 heteroatoms. The molecule has 0 aliphatic carbocycles. The Morgan fingerprint density at radius 1 is 1.25 bits per heavy atom. The second-order valence-corrected chi connectivity index (χ2v) is 5.38. The topological polar surface area (TPSA) is 43.1 Å². The number of hydrogen-bond acceptors (Lipinski definition) is 1. The molecule has 2 nitrogen and oxygen atoms in total. The highest BCUT2D eigenvalue weighted by Gasteiger charge is 2.22. The van der Waals surface area contributed by atoms with Gasteiger partial charge in [-0.25, -0.2) is 0 Å². The van der Waals surface area contributed by atoms with Crippen molar-refractivity contribution >= 4 is 5.91 Å². The first-order valence-electron chi connectivity index (χ1n) is 5.71. The van der Waals surface area contributed by atoms with Crippen LogP contribution in [0.2, 0.25) is 0 Å². The molecule has 1 rings (SSSR count). The smallest absolute Gasteiger partial charge is 0.248 e. The molecule has 0 heterocycles. The Morgan fingerprint density at radius 2 is 1.75 bits per heavy atom. The van der Waals surface area contributed by atoms with E-state index in [1.807, 2.05) is 12.1 Å². The summed E-state index contributed by atoms with van der Waals surface area (Å²) in [6.07, 6.45) is 1.02. The van der Waals surface area contributed by atoms with Crippen LogP contribution in [0.3, 0.4) is 0 Å². The van der Waals surface area contributed by atoms with Crippen LogP contribution >= 0.6 is 0 Å². The van der Waals surface area contributed by atoms with E-state index in [9.17, 15) is 4.79 Å². The van der Waals surface area contributed by atoms with Gasteiger partial charge in [-0.3, -0.25) is 4.79 Å². The van der Waals surface area contributed by atoms with Crippen LogP contribution in [-0.4, -0.2) is 5.91 Å². The van der Waals surface area contributed by atoms with Gasteiger partial charge in [0, 0.05) is 5.56 Å². The average Bonchev–Trinajstić information content (AvgIpc) is 2.17. The molecule has 0 aliphatic heterocycles. The molecular formula is C14H21NO. The van der Waals surface area contributed by atoms with Crippen molar-refractivity contribution < 1.29 is 4.79 Å². The normalized spacial score (nSPS) is 11.8. The predicted molar refractivity (Wildman–Crippen MR) is 67.3 cm³/mol. The number of primary amides is 1. The van der Waals surface area contributed by atoms with Crippen molar-refractivity contribution in [3.05, 3.63) is 35.4 Å². The van der Waals surface area contributed by atoms with E-state index >= 15 is 0 Å². The SMILES string of the molecule is CC(C)C(C)(C)Cc1ccc(C(N)=O)cc1. The van der Waals surface area contributed by atoms with E-state index in [4.69, 9.17) is 5.73 Å². The number of benzene rings is 1. The molecule has 1 amide bonds. The number of rotatable bonds is 4. The van der Waals surface area contributed by atoms with Gasteiger partial charge in [0.2, 0.25) is 5.91 Å². The Labute approximate surface area is 97.9 Å². The van der Waals surface area contributed by atoms with Gasteiger partial charge < -0.3 is 5.73 Å². The number of carbonyl (C=O) groups excluding carboxylic acids is 1. The van der Waals surface area contributed by atoms with Crippen molar-refractivity contribution in [3.63, 3.8) is 0 Å². The quantitative estimate of drug-likeness (QED) is 0.831. The molecule has 2 N–H and O–H groups in total. The van der Waals surface area contributed by atoms with Crippen LogP contribution in [0.1, 0.15) is 43.6 Å². The molecular weight excluding hydrogens is 198 g/mol. The molecule has 88 valence electrons. The van der Waals surface area contributed by atoms with Crippen molar-refractivity contribution in [2.45, 2.75) is 34.1 Å². The zero-order chi connectivity index (χ0) is 12.3. The summed E-state index contributed by atoms with van der Waals surface area (Å²) in [6, 6.07) is 7.58. The standard InChI is InChI=1S/C14H21NO/c1-10(2)14(3,4)9-11-5-7-12(8-6-11)13(15)16/h5-8,10H,9H2,1-4H3,(H2,15,16). The zero-order valence-corrected chi connectivity index (χ0v) is 10.6. The molecule has 0 aromatic heterocycles.